The molecular weight excluding hydrogens is 473 g/mol. The van der Waals surface area contributed by atoms with Crippen molar-refractivity contribution in [2.45, 2.75) is 36.9 Å². The van der Waals surface area contributed by atoms with Crippen LogP contribution >= 0.6 is 0 Å². The molecule has 0 bridgehead atoms. The summed E-state index contributed by atoms with van der Waals surface area (Å²) in [4.78, 5) is 60.0. The Labute approximate surface area is 221 Å². The zero-order valence-electron chi connectivity index (χ0n) is 15.7. The molecule has 0 radical (unpaired) electrons. The molecule has 0 unspecified atom stereocenters. The Morgan fingerprint density at radius 2 is 0.613 bits per heavy atom. The first-order valence-corrected chi connectivity index (χ1v) is 6.23. The van der Waals surface area contributed by atoms with E-state index in [-0.39, 0.29) is 80.1 Å². The summed E-state index contributed by atoms with van der Waals surface area (Å²) in [7, 11) is 0. The topological polar surface area (TPSA) is 344 Å². The van der Waals surface area contributed by atoms with Crippen molar-refractivity contribution in [2.75, 3.05) is 0 Å². The predicted octanol–water partition coefficient (Wildman–Crippen LogP) is -13.3. The van der Waals surface area contributed by atoms with Crippen LogP contribution in [0.4, 0.5) is 0 Å². The Morgan fingerprint density at radius 3 is 0.677 bits per heavy atom. The molecule has 0 spiro atoms. The van der Waals surface area contributed by atoms with Gasteiger partial charge in [0.05, 0.1) is 11.9 Å². The molecule has 6 N–H and O–H groups in total. The summed E-state index contributed by atoms with van der Waals surface area (Å²) < 4.78 is 0. The number of carboxylic acids is 6. The van der Waals surface area contributed by atoms with Gasteiger partial charge in [0.1, 0.15) is 11.2 Å². The summed E-state index contributed by atoms with van der Waals surface area (Å²) in [6.07, 6.45) is -5.43. The number of carboxylic acid groups (broad SMARTS) is 6. The zero-order chi connectivity index (χ0) is 21.3. The molecule has 0 atom stereocenters. The van der Waals surface area contributed by atoms with Crippen molar-refractivity contribution in [1.29, 1.82) is 0 Å². The minimum atomic E-state index is -2.97. The van der Waals surface area contributed by atoms with Crippen molar-refractivity contribution in [3.05, 3.63) is 0 Å². The fourth-order valence-corrected chi connectivity index (χ4v) is 1.37. The van der Waals surface area contributed by atoms with E-state index in [1.807, 2.05) is 0 Å². The molecule has 0 aliphatic heterocycles. The third-order valence-electron chi connectivity index (χ3n) is 2.51. The van der Waals surface area contributed by atoms with Crippen molar-refractivity contribution in [1.82, 2.24) is 0 Å². The summed E-state index contributed by atoms with van der Waals surface area (Å²) >= 11 is 0. The van der Waals surface area contributed by atoms with Gasteiger partial charge in [-0.05, 0) is 0 Å². The predicted molar refractivity (Wildman–Crippen MR) is 82.9 cm³/mol. The molecule has 0 aliphatic carbocycles. The van der Waals surface area contributed by atoms with Crippen LogP contribution in [0.5, 0.6) is 0 Å². The third-order valence-corrected chi connectivity index (χ3v) is 2.51. The normalized spacial score (nSPS) is 9.10. The van der Waals surface area contributed by atoms with Crippen LogP contribution < -0.4 is 30.6 Å². The van der Waals surface area contributed by atoms with Crippen LogP contribution in [0.1, 0.15) is 25.7 Å². The Morgan fingerprint density at radius 1 is 0.484 bits per heavy atom. The molecule has 0 aromatic rings. The molecule has 16 nitrogen and oxygen atoms in total. The first kappa shape index (κ1) is 47.7. The average molecular weight is 487 g/mol. The van der Waals surface area contributed by atoms with Crippen LogP contribution in [0.15, 0.2) is 0 Å². The summed E-state index contributed by atoms with van der Waals surface area (Å²) in [6, 6.07) is 0. The van der Waals surface area contributed by atoms with Crippen molar-refractivity contribution < 1.29 is 80.6 Å². The van der Waals surface area contributed by atoms with Crippen molar-refractivity contribution >= 4 is 105 Å². The molecular formula is C12H14Mg3O16. The van der Waals surface area contributed by atoms with Crippen LogP contribution in [0.3, 0.4) is 0 Å². The number of aliphatic carboxylic acids is 6. The summed E-state index contributed by atoms with van der Waals surface area (Å²) in [5.74, 6) is -12.0. The molecule has 0 fully saturated rings. The second-order valence-electron chi connectivity index (χ2n) is 4.83. The van der Waals surface area contributed by atoms with Gasteiger partial charge < -0.3 is 80.6 Å². The number of aliphatic hydroxyl groups is 2. The second kappa shape index (κ2) is 20.8. The number of rotatable bonds is 10. The number of carbonyl (C=O) groups is 6. The van der Waals surface area contributed by atoms with E-state index in [0.717, 1.165) is 0 Å². The van der Waals surface area contributed by atoms with E-state index in [2.05, 4.69) is 0 Å². The molecule has 0 heterocycles. The van der Waals surface area contributed by atoms with Crippen molar-refractivity contribution in [3.63, 3.8) is 0 Å². The number of hydrogen-bond acceptors (Lipinski definition) is 14. The van der Waals surface area contributed by atoms with Crippen LogP contribution in [0, 0.1) is 0 Å². The molecule has 164 valence electrons. The Balaban J connectivity index is -0.0000000640. The van der Waals surface area contributed by atoms with Gasteiger partial charge in [0, 0.05) is 49.6 Å². The number of hydrogen-bond donors (Lipinski definition) is 2. The van der Waals surface area contributed by atoms with E-state index in [1.54, 1.807) is 0 Å². The minimum absolute atomic E-state index is 0. The Bertz CT molecular complexity index is 523. The fourth-order valence-electron chi connectivity index (χ4n) is 1.37. The molecule has 0 aromatic heterocycles. The zero-order valence-corrected chi connectivity index (χ0v) is 20.0. The first-order chi connectivity index (χ1) is 11.6. The summed E-state index contributed by atoms with van der Waals surface area (Å²) in [5, 5.41) is 77.9. The van der Waals surface area contributed by atoms with Crippen LogP contribution in [0.25, 0.3) is 0 Å². The standard InChI is InChI=1S/2C6H8O7.3Mg.2H2O/c2*7-3(8)1-6(13,5(11)12)2-4(9)10;;;;;/h2*13H,1-2H2,(H,7,8)(H,9,10)(H,11,12);;;;2*1H2/q;;3*+2;;/p-6. The molecule has 19 heteroatoms. The Kier molecular flexibility index (Phi) is 32.0. The molecule has 0 aromatic carbocycles. The molecule has 0 rings (SSSR count). The maximum atomic E-state index is 10.1. The maximum Gasteiger partial charge on any atom is 2.00 e. The Hall–Kier alpha value is -1.04. The molecule has 0 amide bonds. The van der Waals surface area contributed by atoms with Gasteiger partial charge in [-0.25, -0.2) is 0 Å². The van der Waals surface area contributed by atoms with E-state index >= 15 is 0 Å². The maximum absolute atomic E-state index is 10.1. The SMILES string of the molecule is O.O.O=C([O-])CC(O)(CC(=O)[O-])C(=O)[O-].O=C([O-])CC(O)(CC(=O)[O-])C(=O)[O-].[Mg+2].[Mg+2].[Mg+2]. The van der Waals surface area contributed by atoms with E-state index in [4.69, 9.17) is 10.2 Å². The molecule has 0 aliphatic rings. The van der Waals surface area contributed by atoms with Crippen molar-refractivity contribution in [3.8, 4) is 0 Å². The van der Waals surface area contributed by atoms with Gasteiger partial charge in [-0.2, -0.15) is 0 Å². The monoisotopic (exact) mass is 486 g/mol. The second-order valence-corrected chi connectivity index (χ2v) is 4.83. The quantitative estimate of drug-likeness (QED) is 0.270. The van der Waals surface area contributed by atoms with Gasteiger partial charge >= 0.3 is 69.2 Å². The van der Waals surface area contributed by atoms with Crippen LogP contribution in [-0.2, 0) is 28.8 Å². The smallest absolute Gasteiger partial charge is 0.550 e. The van der Waals surface area contributed by atoms with Gasteiger partial charge in [0.25, 0.3) is 0 Å². The summed E-state index contributed by atoms with van der Waals surface area (Å²) in [5.41, 5.74) is -5.95. The third kappa shape index (κ3) is 22.0. The molecule has 0 saturated carbocycles. The number of carbonyl (C=O) groups excluding carboxylic acids is 6. The average Bonchev–Trinajstić information content (AvgIpc) is 2.34. The minimum Gasteiger partial charge on any atom is -0.550 e. The van der Waals surface area contributed by atoms with Gasteiger partial charge in [0.15, 0.2) is 0 Å². The first-order valence-electron chi connectivity index (χ1n) is 6.23. The van der Waals surface area contributed by atoms with Gasteiger partial charge in [-0.1, -0.05) is 0 Å². The van der Waals surface area contributed by atoms with Gasteiger partial charge in [0.2, 0.25) is 0 Å². The largest absolute Gasteiger partial charge is 2.00 e. The molecule has 31 heavy (non-hydrogen) atoms. The molecule has 0 saturated heterocycles. The van der Waals surface area contributed by atoms with E-state index in [0.29, 0.717) is 0 Å². The fraction of sp³-hybridized carbons (Fsp3) is 0.500. The van der Waals surface area contributed by atoms with Gasteiger partial charge in [-0.3, -0.25) is 0 Å². The van der Waals surface area contributed by atoms with Crippen LogP contribution in [-0.4, -0.2) is 137 Å². The van der Waals surface area contributed by atoms with Crippen LogP contribution in [0.2, 0.25) is 0 Å². The van der Waals surface area contributed by atoms with E-state index in [1.165, 1.54) is 0 Å². The summed E-state index contributed by atoms with van der Waals surface area (Å²) in [6.45, 7) is 0. The van der Waals surface area contributed by atoms with E-state index < -0.39 is 72.7 Å². The van der Waals surface area contributed by atoms with Gasteiger partial charge in [-0.15, -0.1) is 0 Å². The van der Waals surface area contributed by atoms with E-state index in [9.17, 15) is 59.4 Å². The van der Waals surface area contributed by atoms with Crippen molar-refractivity contribution in [2.24, 2.45) is 0 Å².